The third-order valence-corrected chi connectivity index (χ3v) is 2.78. The number of ether oxygens (including phenoxy) is 1. The van der Waals surface area contributed by atoms with Gasteiger partial charge in [-0.25, -0.2) is 9.78 Å². The van der Waals surface area contributed by atoms with Gasteiger partial charge < -0.3 is 4.74 Å². The topological polar surface area (TPSA) is 51.2 Å². The fourth-order valence-corrected chi connectivity index (χ4v) is 1.76. The maximum atomic E-state index is 11.3. The first-order chi connectivity index (χ1) is 6.90. The van der Waals surface area contributed by atoms with Crippen LogP contribution in [0, 0.1) is 0 Å². The van der Waals surface area contributed by atoms with E-state index in [4.69, 9.17) is 4.74 Å². The second-order valence-corrected chi connectivity index (χ2v) is 5.35. The third-order valence-electron chi connectivity index (χ3n) is 1.32. The Morgan fingerprint density at radius 2 is 2.33 bits per heavy atom. The van der Waals surface area contributed by atoms with Crippen LogP contribution in [-0.2, 0) is 10.5 Å². The normalized spacial score (nSPS) is 11.2. The molecule has 0 aliphatic rings. The Bertz CT molecular complexity index is 344. The van der Waals surface area contributed by atoms with Crippen molar-refractivity contribution in [1.29, 1.82) is 0 Å². The van der Waals surface area contributed by atoms with Crippen molar-refractivity contribution in [2.24, 2.45) is 0 Å². The van der Waals surface area contributed by atoms with Crippen LogP contribution in [0.3, 0.4) is 0 Å². The highest BCUT2D eigenvalue weighted by atomic mass is 32.1. The van der Waals surface area contributed by atoms with E-state index >= 15 is 0 Å². The highest BCUT2D eigenvalue weighted by Gasteiger charge is 2.16. The van der Waals surface area contributed by atoms with Gasteiger partial charge in [-0.15, -0.1) is 11.3 Å². The van der Waals surface area contributed by atoms with Crippen LogP contribution in [0.1, 0.15) is 25.6 Å². The summed E-state index contributed by atoms with van der Waals surface area (Å²) in [6, 6.07) is 0. The summed E-state index contributed by atoms with van der Waals surface area (Å²) in [5.41, 5.74) is -0.492. The minimum atomic E-state index is -0.492. The first-order valence-electron chi connectivity index (χ1n) is 4.46. The molecular weight excluding hydrogens is 232 g/mol. The summed E-state index contributed by atoms with van der Waals surface area (Å²) in [6.45, 7) is 5.44. The number of nitrogens with zero attached hydrogens (tertiary/aromatic N) is 1. The molecule has 84 valence electrons. The van der Waals surface area contributed by atoms with Gasteiger partial charge >= 0.3 is 6.09 Å². The highest BCUT2D eigenvalue weighted by molar-refractivity contribution is 7.79. The predicted octanol–water partition coefficient (Wildman–Crippen LogP) is 2.92. The lowest BCUT2D eigenvalue weighted by atomic mass is 10.2. The van der Waals surface area contributed by atoms with E-state index < -0.39 is 11.7 Å². The number of hydrogen-bond donors (Lipinski definition) is 2. The molecule has 1 amide bonds. The first-order valence-corrected chi connectivity index (χ1v) is 5.91. The fourth-order valence-electron chi connectivity index (χ4n) is 0.829. The molecule has 0 radical (unpaired) electrons. The lowest BCUT2D eigenvalue weighted by molar-refractivity contribution is 0.0636. The average Bonchev–Trinajstić information content (AvgIpc) is 2.48. The molecule has 0 aliphatic heterocycles. The zero-order chi connectivity index (χ0) is 11.5. The monoisotopic (exact) mass is 246 g/mol. The van der Waals surface area contributed by atoms with Crippen molar-refractivity contribution in [3.8, 4) is 0 Å². The number of rotatable bonds is 2. The number of thiol groups is 1. The van der Waals surface area contributed by atoms with Crippen molar-refractivity contribution in [2.45, 2.75) is 32.1 Å². The molecule has 1 aromatic heterocycles. The van der Waals surface area contributed by atoms with Crippen molar-refractivity contribution in [1.82, 2.24) is 4.98 Å². The maximum Gasteiger partial charge on any atom is 0.413 e. The summed E-state index contributed by atoms with van der Waals surface area (Å²) in [5.74, 6) is 0.619. The molecule has 1 heterocycles. The Kier molecular flexibility index (Phi) is 3.98. The number of carbonyl (C=O) groups excluding carboxylic acids is 1. The van der Waals surface area contributed by atoms with Gasteiger partial charge in [-0.1, -0.05) is 0 Å². The smallest absolute Gasteiger partial charge is 0.413 e. The molecule has 0 atom stereocenters. The Balaban J connectivity index is 2.51. The molecule has 1 rings (SSSR count). The van der Waals surface area contributed by atoms with Crippen LogP contribution in [0.2, 0.25) is 0 Å². The van der Waals surface area contributed by atoms with Crippen LogP contribution in [0.5, 0.6) is 0 Å². The Hall–Kier alpha value is -0.750. The number of aromatic nitrogens is 1. The zero-order valence-corrected chi connectivity index (χ0v) is 10.6. The summed E-state index contributed by atoms with van der Waals surface area (Å²) in [7, 11) is 0. The lowest BCUT2D eigenvalue weighted by Gasteiger charge is -2.18. The lowest BCUT2D eigenvalue weighted by Crippen LogP contribution is -2.27. The minimum absolute atomic E-state index is 0.484. The van der Waals surface area contributed by atoms with E-state index in [1.807, 2.05) is 20.8 Å². The van der Waals surface area contributed by atoms with E-state index in [0.717, 1.165) is 4.88 Å². The molecule has 6 heteroatoms. The van der Waals surface area contributed by atoms with Gasteiger partial charge in [-0.05, 0) is 20.8 Å². The van der Waals surface area contributed by atoms with Gasteiger partial charge in [-0.3, -0.25) is 5.32 Å². The van der Waals surface area contributed by atoms with Gasteiger partial charge in [0.15, 0.2) is 5.13 Å². The second-order valence-electron chi connectivity index (χ2n) is 3.92. The van der Waals surface area contributed by atoms with Gasteiger partial charge in [0.2, 0.25) is 0 Å². The second kappa shape index (κ2) is 4.85. The van der Waals surface area contributed by atoms with Crippen LogP contribution < -0.4 is 5.32 Å². The molecule has 0 aliphatic carbocycles. The Morgan fingerprint density at radius 1 is 1.67 bits per heavy atom. The van der Waals surface area contributed by atoms with E-state index in [-0.39, 0.29) is 0 Å². The zero-order valence-electron chi connectivity index (χ0n) is 8.90. The van der Waals surface area contributed by atoms with Crippen LogP contribution >= 0.6 is 24.0 Å². The molecular formula is C9H14N2O2S2. The largest absolute Gasteiger partial charge is 0.444 e. The SMILES string of the molecule is CC(C)(C)OC(=O)Nc1ncc(CS)s1. The Labute approximate surface area is 98.5 Å². The third kappa shape index (κ3) is 4.53. The number of anilines is 1. The van der Waals surface area contributed by atoms with Crippen LogP contribution in [0.25, 0.3) is 0 Å². The van der Waals surface area contributed by atoms with Crippen molar-refractivity contribution in [3.05, 3.63) is 11.1 Å². The molecule has 0 bridgehead atoms. The molecule has 0 spiro atoms. The maximum absolute atomic E-state index is 11.3. The molecule has 4 nitrogen and oxygen atoms in total. The van der Waals surface area contributed by atoms with E-state index in [2.05, 4.69) is 22.9 Å². The Morgan fingerprint density at radius 3 is 2.80 bits per heavy atom. The molecule has 0 aromatic carbocycles. The molecule has 0 fully saturated rings. The van der Waals surface area contributed by atoms with Gasteiger partial charge in [0.1, 0.15) is 5.60 Å². The molecule has 1 N–H and O–H groups in total. The van der Waals surface area contributed by atoms with Crippen molar-refractivity contribution >= 4 is 35.2 Å². The minimum Gasteiger partial charge on any atom is -0.444 e. The summed E-state index contributed by atoms with van der Waals surface area (Å²) in [6.07, 6.45) is 1.20. The molecule has 0 saturated heterocycles. The van der Waals surface area contributed by atoms with Crippen molar-refractivity contribution in [2.75, 3.05) is 5.32 Å². The van der Waals surface area contributed by atoms with Crippen molar-refractivity contribution < 1.29 is 9.53 Å². The van der Waals surface area contributed by atoms with Gasteiger partial charge in [0.25, 0.3) is 0 Å². The molecule has 0 saturated carbocycles. The summed E-state index contributed by atoms with van der Waals surface area (Å²) < 4.78 is 5.08. The predicted molar refractivity (Wildman–Crippen MR) is 64.7 cm³/mol. The molecule has 1 aromatic rings. The number of amides is 1. The standard InChI is InChI=1S/C9H14N2O2S2/c1-9(2,3)13-8(12)11-7-10-4-6(5-14)15-7/h4,14H,5H2,1-3H3,(H,10,11,12). The molecule has 15 heavy (non-hydrogen) atoms. The summed E-state index contributed by atoms with van der Waals surface area (Å²) >= 11 is 5.50. The average molecular weight is 246 g/mol. The van der Waals surface area contributed by atoms with Gasteiger partial charge in [-0.2, -0.15) is 12.6 Å². The summed E-state index contributed by atoms with van der Waals surface area (Å²) in [5, 5.41) is 3.10. The molecule has 0 unspecified atom stereocenters. The van der Waals surface area contributed by atoms with Crippen molar-refractivity contribution in [3.63, 3.8) is 0 Å². The number of nitrogens with one attached hydrogen (secondary N) is 1. The summed E-state index contributed by atoms with van der Waals surface area (Å²) in [4.78, 5) is 16.4. The number of thiazole rings is 1. The first kappa shape index (κ1) is 12.3. The van der Waals surface area contributed by atoms with Crippen LogP contribution in [0.15, 0.2) is 6.20 Å². The van der Waals surface area contributed by atoms with Gasteiger partial charge in [0.05, 0.1) is 0 Å². The quantitative estimate of drug-likeness (QED) is 0.789. The number of hydrogen-bond acceptors (Lipinski definition) is 5. The number of carbonyl (C=O) groups is 1. The van der Waals surface area contributed by atoms with Crippen LogP contribution in [0.4, 0.5) is 9.93 Å². The van der Waals surface area contributed by atoms with Crippen LogP contribution in [-0.4, -0.2) is 16.7 Å². The highest BCUT2D eigenvalue weighted by Crippen LogP contribution is 2.20. The van der Waals surface area contributed by atoms with E-state index in [1.54, 1.807) is 6.20 Å². The van der Waals surface area contributed by atoms with E-state index in [0.29, 0.717) is 10.9 Å². The van der Waals surface area contributed by atoms with E-state index in [1.165, 1.54) is 11.3 Å². The van der Waals surface area contributed by atoms with E-state index in [9.17, 15) is 4.79 Å². The van der Waals surface area contributed by atoms with Gasteiger partial charge in [0, 0.05) is 16.8 Å². The fraction of sp³-hybridized carbons (Fsp3) is 0.556.